The molecule has 0 radical (unpaired) electrons. The van der Waals surface area contributed by atoms with Gasteiger partial charge in [-0.25, -0.2) is 21.5 Å². The van der Waals surface area contributed by atoms with E-state index in [1.165, 1.54) is 17.7 Å². The van der Waals surface area contributed by atoms with Crippen LogP contribution in [0.1, 0.15) is 35.4 Å². The lowest BCUT2D eigenvalue weighted by Crippen LogP contribution is -2.48. The van der Waals surface area contributed by atoms with Crippen molar-refractivity contribution < 1.29 is 18.0 Å². The van der Waals surface area contributed by atoms with Gasteiger partial charge in [0.1, 0.15) is 0 Å². The van der Waals surface area contributed by atoms with E-state index in [1.54, 1.807) is 0 Å². The van der Waals surface area contributed by atoms with Crippen LogP contribution < -0.4 is 22.1 Å². The number of carbonyl (C=O) groups excluding carboxylic acids is 1. The predicted molar refractivity (Wildman–Crippen MR) is 98.8 cm³/mol. The van der Waals surface area contributed by atoms with Gasteiger partial charge in [-0.05, 0) is 42.0 Å². The van der Waals surface area contributed by atoms with Crippen LogP contribution in [0.2, 0.25) is 0 Å². The smallest absolute Gasteiger partial charge is 0.274 e. The van der Waals surface area contributed by atoms with E-state index in [9.17, 15) is 18.0 Å². The Morgan fingerprint density at radius 2 is 1.89 bits per heavy atom. The number of rotatable bonds is 5. The first-order chi connectivity index (χ1) is 12.8. The van der Waals surface area contributed by atoms with Gasteiger partial charge in [0.2, 0.25) is 0 Å². The fourth-order valence-corrected chi connectivity index (χ4v) is 4.09. The summed E-state index contributed by atoms with van der Waals surface area (Å²) in [5.41, 5.74) is 3.09. The third-order valence-electron chi connectivity index (χ3n) is 4.35. The summed E-state index contributed by atoms with van der Waals surface area (Å²) in [6.07, 6.45) is -2.38. The molecule has 0 aliphatic heterocycles. The third kappa shape index (κ3) is 4.37. The molecule has 0 saturated heterocycles. The molecule has 27 heavy (non-hydrogen) atoms. The summed E-state index contributed by atoms with van der Waals surface area (Å²) < 4.78 is 40.6. The molecular weight excluding hydrogens is 377 g/mol. The standard InChI is InChI=1S/C18H19F3N4OS/c19-18(20,21)14-6-3-7-15(25(23)17(26)24-22)16(14)27-10-12-4-1-2-5-13(12)11-8-9-11/h1-7,11H,8-10,22-23H2,(H,24,26). The maximum absolute atomic E-state index is 13.5. The zero-order valence-electron chi connectivity index (χ0n) is 14.3. The molecule has 9 heteroatoms. The zero-order valence-corrected chi connectivity index (χ0v) is 15.1. The first-order valence-electron chi connectivity index (χ1n) is 8.29. The maximum atomic E-state index is 13.5. The summed E-state index contributed by atoms with van der Waals surface area (Å²) >= 11 is 1.01. The van der Waals surface area contributed by atoms with Gasteiger partial charge in [0.05, 0.1) is 11.3 Å². The Balaban J connectivity index is 1.96. The van der Waals surface area contributed by atoms with E-state index in [1.807, 2.05) is 29.7 Å². The molecule has 5 nitrogen and oxygen atoms in total. The number of nitrogens with one attached hydrogen (secondary N) is 1. The van der Waals surface area contributed by atoms with Gasteiger partial charge >= 0.3 is 12.2 Å². The molecule has 5 N–H and O–H groups in total. The molecule has 0 spiro atoms. The summed E-state index contributed by atoms with van der Waals surface area (Å²) in [5, 5.41) is 0.588. The molecule has 2 amide bonds. The van der Waals surface area contributed by atoms with Crippen molar-refractivity contribution in [3.8, 4) is 0 Å². The molecule has 0 heterocycles. The van der Waals surface area contributed by atoms with Crippen molar-refractivity contribution >= 4 is 23.5 Å². The minimum Gasteiger partial charge on any atom is -0.274 e. The van der Waals surface area contributed by atoms with Crippen molar-refractivity contribution in [3.63, 3.8) is 0 Å². The second-order valence-electron chi connectivity index (χ2n) is 6.23. The number of carbonyl (C=O) groups is 1. The van der Waals surface area contributed by atoms with Crippen molar-refractivity contribution in [2.45, 2.75) is 35.6 Å². The quantitative estimate of drug-likeness (QED) is 0.307. The van der Waals surface area contributed by atoms with Gasteiger partial charge in [0.15, 0.2) is 0 Å². The monoisotopic (exact) mass is 396 g/mol. The number of hydrazine groups is 2. The first kappa shape index (κ1) is 19.5. The van der Waals surface area contributed by atoms with Crippen LogP contribution >= 0.6 is 11.8 Å². The number of hydrogen-bond acceptors (Lipinski definition) is 4. The highest BCUT2D eigenvalue weighted by Crippen LogP contribution is 2.45. The highest BCUT2D eigenvalue weighted by Gasteiger charge is 2.36. The number of benzene rings is 2. The molecule has 1 aliphatic rings. The molecule has 2 aromatic carbocycles. The predicted octanol–water partition coefficient (Wildman–Crippen LogP) is 4.14. The Hall–Kier alpha value is -2.23. The lowest BCUT2D eigenvalue weighted by atomic mass is 10.1. The number of halogens is 3. The van der Waals surface area contributed by atoms with Crippen molar-refractivity contribution in [3.05, 3.63) is 59.2 Å². The number of nitrogens with two attached hydrogens (primary N) is 2. The van der Waals surface area contributed by atoms with Crippen molar-refractivity contribution in [2.75, 3.05) is 5.01 Å². The molecule has 3 rings (SSSR count). The Morgan fingerprint density at radius 1 is 1.19 bits per heavy atom. The molecule has 1 saturated carbocycles. The summed E-state index contributed by atoms with van der Waals surface area (Å²) in [5.74, 6) is 11.6. The molecule has 0 atom stereocenters. The molecule has 1 aliphatic carbocycles. The Bertz CT molecular complexity index is 840. The van der Waals surface area contributed by atoms with E-state index in [0.29, 0.717) is 16.7 Å². The first-order valence-corrected chi connectivity index (χ1v) is 9.27. The number of nitrogens with zero attached hydrogens (tertiary/aromatic N) is 1. The molecule has 0 aromatic heterocycles. The summed E-state index contributed by atoms with van der Waals surface area (Å²) in [7, 11) is 0. The van der Waals surface area contributed by atoms with Crippen LogP contribution in [-0.2, 0) is 11.9 Å². The summed E-state index contributed by atoms with van der Waals surface area (Å²) in [6, 6.07) is 10.4. The van der Waals surface area contributed by atoms with E-state index in [-0.39, 0.29) is 10.6 Å². The number of urea groups is 1. The van der Waals surface area contributed by atoms with Gasteiger partial charge in [0, 0.05) is 10.6 Å². The van der Waals surface area contributed by atoms with Gasteiger partial charge in [-0.2, -0.15) is 13.2 Å². The second-order valence-corrected chi connectivity index (χ2v) is 7.22. The topological polar surface area (TPSA) is 84.4 Å². The van der Waals surface area contributed by atoms with Crippen molar-refractivity contribution in [1.29, 1.82) is 0 Å². The number of alkyl halides is 3. The van der Waals surface area contributed by atoms with Crippen molar-refractivity contribution in [2.24, 2.45) is 11.7 Å². The van der Waals surface area contributed by atoms with Gasteiger partial charge in [-0.3, -0.25) is 5.43 Å². The van der Waals surface area contributed by atoms with Crippen LogP contribution in [0.25, 0.3) is 0 Å². The Kier molecular flexibility index (Phi) is 5.64. The highest BCUT2D eigenvalue weighted by molar-refractivity contribution is 7.98. The SMILES string of the molecule is NNC(=O)N(N)c1cccc(C(F)(F)F)c1SCc1ccccc1C1CC1. The summed E-state index contributed by atoms with van der Waals surface area (Å²) in [6.45, 7) is 0. The van der Waals surface area contributed by atoms with E-state index >= 15 is 0 Å². The van der Waals surface area contributed by atoms with E-state index < -0.39 is 17.8 Å². The molecule has 1 fully saturated rings. The fraction of sp³-hybridized carbons (Fsp3) is 0.278. The number of anilines is 1. The van der Waals surface area contributed by atoms with Gasteiger partial charge in [-0.1, -0.05) is 30.3 Å². The van der Waals surface area contributed by atoms with Crippen LogP contribution in [0.3, 0.4) is 0 Å². The average molecular weight is 396 g/mol. The molecule has 0 bridgehead atoms. The van der Waals surface area contributed by atoms with Crippen LogP contribution in [0.15, 0.2) is 47.4 Å². The van der Waals surface area contributed by atoms with E-state index in [2.05, 4.69) is 0 Å². The summed E-state index contributed by atoms with van der Waals surface area (Å²) in [4.78, 5) is 11.6. The molecule has 0 unspecified atom stereocenters. The van der Waals surface area contributed by atoms with Crippen molar-refractivity contribution in [1.82, 2.24) is 5.43 Å². The lowest BCUT2D eigenvalue weighted by Gasteiger charge is -2.22. The Labute approximate surface area is 158 Å². The van der Waals surface area contributed by atoms with Crippen LogP contribution in [-0.4, -0.2) is 6.03 Å². The maximum Gasteiger partial charge on any atom is 0.417 e. The van der Waals surface area contributed by atoms with Crippen LogP contribution in [0.5, 0.6) is 0 Å². The third-order valence-corrected chi connectivity index (χ3v) is 5.52. The molecular formula is C18H19F3N4OS. The lowest BCUT2D eigenvalue weighted by molar-refractivity contribution is -0.139. The zero-order chi connectivity index (χ0) is 19.6. The highest BCUT2D eigenvalue weighted by atomic mass is 32.2. The minimum atomic E-state index is -4.58. The van der Waals surface area contributed by atoms with Crippen LogP contribution in [0, 0.1) is 0 Å². The largest absolute Gasteiger partial charge is 0.417 e. The van der Waals surface area contributed by atoms with Gasteiger partial charge in [0.25, 0.3) is 0 Å². The minimum absolute atomic E-state index is 0.0540. The number of hydrogen-bond donors (Lipinski definition) is 3. The van der Waals surface area contributed by atoms with E-state index in [0.717, 1.165) is 36.2 Å². The Morgan fingerprint density at radius 3 is 2.52 bits per heavy atom. The normalized spacial score (nSPS) is 14.1. The molecule has 144 valence electrons. The van der Waals surface area contributed by atoms with E-state index in [4.69, 9.17) is 11.7 Å². The number of amides is 2. The fourth-order valence-electron chi connectivity index (χ4n) is 2.88. The number of thioether (sulfide) groups is 1. The second kappa shape index (κ2) is 7.79. The average Bonchev–Trinajstić information content (AvgIpc) is 3.49. The molecule has 2 aromatic rings. The van der Waals surface area contributed by atoms with Gasteiger partial charge in [-0.15, -0.1) is 11.8 Å². The van der Waals surface area contributed by atoms with Crippen LogP contribution in [0.4, 0.5) is 23.7 Å². The van der Waals surface area contributed by atoms with Gasteiger partial charge < -0.3 is 0 Å².